The van der Waals surface area contributed by atoms with Crippen LogP contribution in [0.2, 0.25) is 0 Å². The Balaban J connectivity index is 1.32. The van der Waals surface area contributed by atoms with Crippen LogP contribution < -0.4 is 4.90 Å². The number of anilines is 1. The number of amides is 1. The number of oxazole rings is 1. The topological polar surface area (TPSA) is 68.5 Å². The number of carbonyl (C=O) groups is 1. The second-order valence-corrected chi connectivity index (χ2v) is 8.71. The van der Waals surface area contributed by atoms with Gasteiger partial charge in [-0.05, 0) is 37.1 Å². The van der Waals surface area contributed by atoms with E-state index in [4.69, 9.17) is 9.15 Å². The average Bonchev–Trinajstić information content (AvgIpc) is 3.57. The van der Waals surface area contributed by atoms with E-state index in [-0.39, 0.29) is 24.2 Å². The highest BCUT2D eigenvalue weighted by Gasteiger charge is 2.26. The van der Waals surface area contributed by atoms with Gasteiger partial charge in [-0.15, -0.1) is 0 Å². The fourth-order valence-electron chi connectivity index (χ4n) is 3.81. The molecule has 1 unspecified atom stereocenters. The van der Waals surface area contributed by atoms with Crippen molar-refractivity contribution in [1.29, 1.82) is 0 Å². The number of aryl methyl sites for hydroxylation is 1. The smallest absolute Gasteiger partial charge is 0.229 e. The Bertz CT molecular complexity index is 1200. The third kappa shape index (κ3) is 4.42. The number of nitrogens with zero attached hydrogens (tertiary/aromatic N) is 3. The van der Waals surface area contributed by atoms with Crippen molar-refractivity contribution < 1.29 is 18.3 Å². The quantitative estimate of drug-likeness (QED) is 0.385. The molecule has 1 atom stereocenters. The van der Waals surface area contributed by atoms with E-state index in [1.165, 1.54) is 23.6 Å². The number of halogens is 1. The first-order valence-electron chi connectivity index (χ1n) is 10.6. The first kappa shape index (κ1) is 20.8. The summed E-state index contributed by atoms with van der Waals surface area (Å²) in [4.78, 5) is 23.8. The number of ether oxygens (including phenoxy) is 1. The SMILES string of the molecule is O=C(CCc1ncc(-c2ccccc2F)o1)N(CC1CCCO1)c1nc2ccccc2s1. The molecule has 3 heterocycles. The molecule has 5 rings (SSSR count). The average molecular weight is 452 g/mol. The Morgan fingerprint density at radius 3 is 2.84 bits per heavy atom. The molecule has 1 fully saturated rings. The number of benzene rings is 2. The Morgan fingerprint density at radius 2 is 2.03 bits per heavy atom. The lowest BCUT2D eigenvalue weighted by Gasteiger charge is -2.22. The van der Waals surface area contributed by atoms with Crippen LogP contribution in [0.5, 0.6) is 0 Å². The van der Waals surface area contributed by atoms with Crippen molar-refractivity contribution in [3.05, 3.63) is 66.4 Å². The minimum atomic E-state index is -0.371. The van der Waals surface area contributed by atoms with Crippen LogP contribution in [0.3, 0.4) is 0 Å². The molecule has 8 heteroatoms. The molecule has 0 N–H and O–H groups in total. The minimum Gasteiger partial charge on any atom is -0.441 e. The van der Waals surface area contributed by atoms with Gasteiger partial charge in [0.2, 0.25) is 5.91 Å². The van der Waals surface area contributed by atoms with E-state index in [2.05, 4.69) is 9.97 Å². The van der Waals surface area contributed by atoms with Gasteiger partial charge in [-0.2, -0.15) is 0 Å². The number of hydrogen-bond donors (Lipinski definition) is 0. The van der Waals surface area contributed by atoms with Crippen LogP contribution in [-0.2, 0) is 16.0 Å². The van der Waals surface area contributed by atoms with Crippen molar-refractivity contribution in [2.24, 2.45) is 0 Å². The molecular formula is C24H22FN3O3S. The summed E-state index contributed by atoms with van der Waals surface area (Å²) in [7, 11) is 0. The second kappa shape index (κ2) is 9.18. The molecule has 1 aliphatic heterocycles. The molecule has 1 amide bonds. The zero-order valence-corrected chi connectivity index (χ0v) is 18.2. The monoisotopic (exact) mass is 451 g/mol. The van der Waals surface area contributed by atoms with Gasteiger partial charge in [-0.1, -0.05) is 35.6 Å². The molecule has 0 radical (unpaired) electrons. The predicted octanol–water partition coefficient (Wildman–Crippen LogP) is 5.24. The van der Waals surface area contributed by atoms with Crippen LogP contribution in [0.1, 0.15) is 25.2 Å². The maximum atomic E-state index is 14.0. The van der Waals surface area contributed by atoms with Gasteiger partial charge >= 0.3 is 0 Å². The maximum absolute atomic E-state index is 14.0. The summed E-state index contributed by atoms with van der Waals surface area (Å²) in [6.07, 6.45) is 3.97. The van der Waals surface area contributed by atoms with Crippen LogP contribution in [0, 0.1) is 5.82 Å². The Hall–Kier alpha value is -3.10. The fraction of sp³-hybridized carbons (Fsp3) is 0.292. The van der Waals surface area contributed by atoms with Crippen molar-refractivity contribution >= 4 is 32.6 Å². The lowest BCUT2D eigenvalue weighted by molar-refractivity contribution is -0.119. The summed E-state index contributed by atoms with van der Waals surface area (Å²) in [5.74, 6) is 0.320. The number of rotatable bonds is 7. The number of hydrogen-bond acceptors (Lipinski definition) is 6. The molecule has 32 heavy (non-hydrogen) atoms. The first-order valence-corrected chi connectivity index (χ1v) is 11.5. The molecule has 2 aromatic carbocycles. The number of aromatic nitrogens is 2. The van der Waals surface area contributed by atoms with Crippen molar-refractivity contribution in [1.82, 2.24) is 9.97 Å². The lowest BCUT2D eigenvalue weighted by atomic mass is 10.2. The van der Waals surface area contributed by atoms with Crippen LogP contribution in [0.4, 0.5) is 9.52 Å². The van der Waals surface area contributed by atoms with Gasteiger partial charge in [0.15, 0.2) is 16.8 Å². The number of thiazole rings is 1. The van der Waals surface area contributed by atoms with Crippen LogP contribution >= 0.6 is 11.3 Å². The van der Waals surface area contributed by atoms with E-state index in [0.29, 0.717) is 35.3 Å². The number of fused-ring (bicyclic) bond motifs is 1. The van der Waals surface area contributed by atoms with E-state index in [9.17, 15) is 9.18 Å². The molecule has 164 valence electrons. The maximum Gasteiger partial charge on any atom is 0.229 e. The molecular weight excluding hydrogens is 429 g/mol. The summed E-state index contributed by atoms with van der Waals surface area (Å²) in [6, 6.07) is 14.2. The number of carbonyl (C=O) groups excluding carboxylic acids is 1. The van der Waals surface area contributed by atoms with E-state index in [0.717, 1.165) is 29.7 Å². The van der Waals surface area contributed by atoms with Gasteiger partial charge in [-0.25, -0.2) is 14.4 Å². The van der Waals surface area contributed by atoms with Crippen molar-refractivity contribution in [3.63, 3.8) is 0 Å². The fourth-order valence-corrected chi connectivity index (χ4v) is 4.81. The van der Waals surface area contributed by atoms with Gasteiger partial charge < -0.3 is 9.15 Å². The highest BCUT2D eigenvalue weighted by atomic mass is 32.1. The van der Waals surface area contributed by atoms with Crippen molar-refractivity contribution in [3.8, 4) is 11.3 Å². The molecule has 0 aliphatic carbocycles. The molecule has 2 aromatic heterocycles. The van der Waals surface area contributed by atoms with E-state index < -0.39 is 0 Å². The van der Waals surface area contributed by atoms with Crippen molar-refractivity contribution in [2.75, 3.05) is 18.1 Å². The molecule has 0 bridgehead atoms. The van der Waals surface area contributed by atoms with Crippen LogP contribution in [0.15, 0.2) is 59.1 Å². The summed E-state index contributed by atoms with van der Waals surface area (Å²) >= 11 is 1.50. The zero-order valence-electron chi connectivity index (χ0n) is 17.4. The van der Waals surface area contributed by atoms with E-state index >= 15 is 0 Å². The normalized spacial score (nSPS) is 16.0. The highest BCUT2D eigenvalue weighted by Crippen LogP contribution is 2.30. The van der Waals surface area contributed by atoms with Gasteiger partial charge in [-0.3, -0.25) is 9.69 Å². The predicted molar refractivity (Wildman–Crippen MR) is 121 cm³/mol. The van der Waals surface area contributed by atoms with Gasteiger partial charge in [0, 0.05) is 19.4 Å². The summed E-state index contributed by atoms with van der Waals surface area (Å²) in [5, 5.41) is 0.672. The Morgan fingerprint density at radius 1 is 1.19 bits per heavy atom. The molecule has 1 saturated heterocycles. The summed E-state index contributed by atoms with van der Waals surface area (Å²) in [5.41, 5.74) is 1.23. The molecule has 0 spiro atoms. The third-order valence-corrected chi connectivity index (χ3v) is 6.53. The summed E-state index contributed by atoms with van der Waals surface area (Å²) in [6.45, 7) is 1.20. The van der Waals surface area contributed by atoms with E-state index in [1.807, 2.05) is 24.3 Å². The van der Waals surface area contributed by atoms with E-state index in [1.54, 1.807) is 23.1 Å². The highest BCUT2D eigenvalue weighted by molar-refractivity contribution is 7.22. The summed E-state index contributed by atoms with van der Waals surface area (Å²) < 4.78 is 26.5. The standard InChI is InChI=1S/C24H22FN3O3S/c25-18-8-2-1-7-17(18)20-14-26-22(31-20)11-12-23(29)28(15-16-6-5-13-30-16)24-27-19-9-3-4-10-21(19)32-24/h1-4,7-10,14,16H,5-6,11-13,15H2. The second-order valence-electron chi connectivity index (χ2n) is 7.70. The number of para-hydroxylation sites is 1. The van der Waals surface area contributed by atoms with Gasteiger partial charge in [0.05, 0.1) is 34.6 Å². The molecule has 4 aromatic rings. The van der Waals surface area contributed by atoms with Crippen LogP contribution in [-0.4, -0.2) is 35.1 Å². The zero-order chi connectivity index (χ0) is 21.9. The molecule has 6 nitrogen and oxygen atoms in total. The molecule has 0 saturated carbocycles. The Kier molecular flexibility index (Phi) is 5.96. The minimum absolute atomic E-state index is 0.0142. The van der Waals surface area contributed by atoms with Crippen LogP contribution in [0.25, 0.3) is 21.5 Å². The first-order chi connectivity index (χ1) is 15.7. The van der Waals surface area contributed by atoms with Crippen molar-refractivity contribution in [2.45, 2.75) is 31.8 Å². The largest absolute Gasteiger partial charge is 0.441 e. The Labute approximate surface area is 188 Å². The molecule has 1 aliphatic rings. The third-order valence-electron chi connectivity index (χ3n) is 5.47. The lowest BCUT2D eigenvalue weighted by Crippen LogP contribution is -2.37. The van der Waals surface area contributed by atoms with Gasteiger partial charge in [0.25, 0.3) is 0 Å². The van der Waals surface area contributed by atoms with Gasteiger partial charge in [0.1, 0.15) is 5.82 Å².